The summed E-state index contributed by atoms with van der Waals surface area (Å²) in [4.78, 5) is 10.2. The van der Waals surface area contributed by atoms with Crippen LogP contribution in [0, 0.1) is 22.5 Å². The molecule has 2 rings (SSSR count). The number of hydrogen-bond acceptors (Lipinski definition) is 5. The highest BCUT2D eigenvalue weighted by molar-refractivity contribution is 7.89. The molecule has 0 aliphatic carbocycles. The van der Waals surface area contributed by atoms with Crippen LogP contribution in [0.3, 0.4) is 0 Å². The highest BCUT2D eigenvalue weighted by Gasteiger charge is 2.41. The van der Waals surface area contributed by atoms with E-state index in [1.165, 1.54) is 16.4 Å². The first-order chi connectivity index (χ1) is 9.69. The van der Waals surface area contributed by atoms with Crippen LogP contribution in [0.4, 0.5) is 5.69 Å². The lowest BCUT2D eigenvalue weighted by Gasteiger charge is -2.22. The molecule has 124 valence electrons. The lowest BCUT2D eigenvalue weighted by Crippen LogP contribution is -2.34. The van der Waals surface area contributed by atoms with E-state index in [0.717, 1.165) is 0 Å². The van der Waals surface area contributed by atoms with E-state index < -0.39 is 14.9 Å². The van der Waals surface area contributed by atoms with Gasteiger partial charge in [0.25, 0.3) is 5.69 Å². The summed E-state index contributed by atoms with van der Waals surface area (Å²) >= 11 is 0. The number of nitro groups is 1. The van der Waals surface area contributed by atoms with Crippen molar-refractivity contribution in [3.8, 4) is 0 Å². The van der Waals surface area contributed by atoms with Gasteiger partial charge in [0, 0.05) is 19.2 Å². The van der Waals surface area contributed by atoms with Crippen LogP contribution in [0.5, 0.6) is 0 Å². The van der Waals surface area contributed by atoms with E-state index in [-0.39, 0.29) is 34.9 Å². The Bertz CT molecular complexity index is 680. The quantitative estimate of drug-likeness (QED) is 0.657. The largest absolute Gasteiger partial charge is 0.330 e. The van der Waals surface area contributed by atoms with Gasteiger partial charge in [0.15, 0.2) is 4.90 Å². The third-order valence-corrected chi connectivity index (χ3v) is 5.84. The fourth-order valence-corrected chi connectivity index (χ4v) is 4.21. The van der Waals surface area contributed by atoms with Crippen molar-refractivity contribution in [2.24, 2.45) is 11.1 Å². The number of sulfonamides is 1. The van der Waals surface area contributed by atoms with Crippen molar-refractivity contribution < 1.29 is 13.3 Å². The predicted octanol–water partition coefficient (Wildman–Crippen LogP) is 1.68. The van der Waals surface area contributed by atoms with Gasteiger partial charge >= 0.3 is 0 Å². The van der Waals surface area contributed by atoms with E-state index in [9.17, 15) is 18.5 Å². The molecule has 7 nitrogen and oxygen atoms in total. The zero-order valence-corrected chi connectivity index (χ0v) is 14.1. The van der Waals surface area contributed by atoms with Crippen LogP contribution < -0.4 is 5.73 Å². The van der Waals surface area contributed by atoms with E-state index in [1.54, 1.807) is 13.0 Å². The third-order valence-electron chi connectivity index (χ3n) is 3.94. The summed E-state index contributed by atoms with van der Waals surface area (Å²) in [5, 5.41) is 11.1. The van der Waals surface area contributed by atoms with Gasteiger partial charge in [-0.1, -0.05) is 13.0 Å². The second-order valence-electron chi connectivity index (χ2n) is 5.83. The lowest BCUT2D eigenvalue weighted by atomic mass is 9.90. The van der Waals surface area contributed by atoms with Gasteiger partial charge in [-0.2, -0.15) is 4.31 Å². The fraction of sp³-hybridized carbons (Fsp3) is 0.538. The molecular formula is C13H20ClN3O4S. The molecule has 0 saturated carbocycles. The summed E-state index contributed by atoms with van der Waals surface area (Å²) in [5.41, 5.74) is 5.68. The first kappa shape index (κ1) is 18.8. The molecule has 1 saturated heterocycles. The molecule has 0 bridgehead atoms. The molecule has 1 aliphatic heterocycles. The molecule has 22 heavy (non-hydrogen) atoms. The lowest BCUT2D eigenvalue weighted by molar-refractivity contribution is -0.387. The summed E-state index contributed by atoms with van der Waals surface area (Å²) in [7, 11) is -3.88. The average Bonchev–Trinajstić information content (AvgIpc) is 2.82. The van der Waals surface area contributed by atoms with Crippen LogP contribution >= 0.6 is 12.4 Å². The SMILES string of the molecule is Cc1ccc(S(=O)(=O)N2CCC(C)(CN)C2)c([N+](=O)[O-])c1.Cl. The molecule has 0 aromatic heterocycles. The van der Waals surface area contributed by atoms with Crippen molar-refractivity contribution in [2.75, 3.05) is 19.6 Å². The Morgan fingerprint density at radius 2 is 2.09 bits per heavy atom. The Morgan fingerprint density at radius 1 is 1.45 bits per heavy atom. The molecule has 1 heterocycles. The van der Waals surface area contributed by atoms with Crippen molar-refractivity contribution in [3.05, 3.63) is 33.9 Å². The van der Waals surface area contributed by atoms with Gasteiger partial charge in [0.05, 0.1) is 4.92 Å². The second-order valence-corrected chi connectivity index (χ2v) is 7.74. The molecule has 9 heteroatoms. The molecular weight excluding hydrogens is 330 g/mol. The van der Waals surface area contributed by atoms with Crippen LogP contribution in [0.25, 0.3) is 0 Å². The fourth-order valence-electron chi connectivity index (χ4n) is 2.48. The van der Waals surface area contributed by atoms with Crippen molar-refractivity contribution in [3.63, 3.8) is 0 Å². The maximum atomic E-state index is 12.7. The Labute approximate surface area is 136 Å². The summed E-state index contributed by atoms with van der Waals surface area (Å²) in [6.45, 7) is 4.61. The van der Waals surface area contributed by atoms with Gasteiger partial charge in [-0.25, -0.2) is 8.42 Å². The van der Waals surface area contributed by atoms with Gasteiger partial charge in [0.1, 0.15) is 0 Å². The molecule has 1 atom stereocenters. The third kappa shape index (κ3) is 3.40. The number of nitrogens with zero attached hydrogens (tertiary/aromatic N) is 2. The number of nitro benzene ring substituents is 1. The average molecular weight is 350 g/mol. The van der Waals surface area contributed by atoms with E-state index in [0.29, 0.717) is 25.1 Å². The van der Waals surface area contributed by atoms with Gasteiger partial charge in [-0.15, -0.1) is 12.4 Å². The van der Waals surface area contributed by atoms with Crippen LogP contribution in [-0.2, 0) is 10.0 Å². The smallest absolute Gasteiger partial charge is 0.289 e. The second kappa shape index (κ2) is 6.49. The van der Waals surface area contributed by atoms with Crippen LogP contribution in [0.2, 0.25) is 0 Å². The van der Waals surface area contributed by atoms with Crippen LogP contribution in [0.15, 0.2) is 23.1 Å². The normalized spacial score (nSPS) is 22.3. The topological polar surface area (TPSA) is 107 Å². The maximum Gasteiger partial charge on any atom is 0.289 e. The number of hydrogen-bond donors (Lipinski definition) is 1. The standard InChI is InChI=1S/C13H19N3O4S.ClH/c1-10-3-4-12(11(7-10)16(17)18)21(19,20)15-6-5-13(2,8-14)9-15;/h3-4,7H,5-6,8-9,14H2,1-2H3;1H. The van der Waals surface area contributed by atoms with Crippen LogP contribution in [0.1, 0.15) is 18.9 Å². The summed E-state index contributed by atoms with van der Waals surface area (Å²) < 4.78 is 26.6. The van der Waals surface area contributed by atoms with Gasteiger partial charge < -0.3 is 5.73 Å². The Kier molecular flexibility index (Phi) is 5.56. The zero-order valence-electron chi connectivity index (χ0n) is 12.5. The summed E-state index contributed by atoms with van der Waals surface area (Å²) in [5.74, 6) is 0. The molecule has 2 N–H and O–H groups in total. The molecule has 0 radical (unpaired) electrons. The van der Waals surface area contributed by atoms with Gasteiger partial charge in [0.2, 0.25) is 10.0 Å². The molecule has 0 spiro atoms. The Hall–Kier alpha value is -1.22. The minimum absolute atomic E-state index is 0. The van der Waals surface area contributed by atoms with Gasteiger partial charge in [-0.05, 0) is 36.9 Å². The Morgan fingerprint density at radius 3 is 2.59 bits per heavy atom. The number of benzene rings is 1. The molecule has 1 aromatic carbocycles. The molecule has 1 fully saturated rings. The summed E-state index contributed by atoms with van der Waals surface area (Å²) in [6, 6.07) is 4.16. The minimum atomic E-state index is -3.88. The van der Waals surface area contributed by atoms with Crippen molar-refractivity contribution in [1.29, 1.82) is 0 Å². The maximum absolute atomic E-state index is 12.7. The highest BCUT2D eigenvalue weighted by Crippen LogP contribution is 2.35. The Balaban J connectivity index is 0.00000242. The predicted molar refractivity (Wildman–Crippen MR) is 85.6 cm³/mol. The molecule has 1 unspecified atom stereocenters. The van der Waals surface area contributed by atoms with E-state index >= 15 is 0 Å². The van der Waals surface area contributed by atoms with E-state index in [2.05, 4.69) is 0 Å². The first-order valence-corrected chi connectivity index (χ1v) is 8.09. The van der Waals surface area contributed by atoms with Crippen molar-refractivity contribution in [1.82, 2.24) is 4.31 Å². The van der Waals surface area contributed by atoms with Crippen LogP contribution in [-0.4, -0.2) is 37.3 Å². The zero-order chi connectivity index (χ0) is 15.8. The van der Waals surface area contributed by atoms with Crippen molar-refractivity contribution in [2.45, 2.75) is 25.2 Å². The van der Waals surface area contributed by atoms with Crippen molar-refractivity contribution >= 4 is 28.1 Å². The van der Waals surface area contributed by atoms with Gasteiger partial charge in [-0.3, -0.25) is 10.1 Å². The number of rotatable bonds is 4. The number of aryl methyl sites for hydroxylation is 1. The minimum Gasteiger partial charge on any atom is -0.330 e. The number of halogens is 1. The number of nitrogens with two attached hydrogens (primary N) is 1. The molecule has 0 amide bonds. The summed E-state index contributed by atoms with van der Waals surface area (Å²) in [6.07, 6.45) is 0.655. The first-order valence-electron chi connectivity index (χ1n) is 6.65. The van der Waals surface area contributed by atoms with E-state index in [1.807, 2.05) is 6.92 Å². The monoisotopic (exact) mass is 349 g/mol. The van der Waals surface area contributed by atoms with E-state index in [4.69, 9.17) is 5.73 Å². The molecule has 1 aliphatic rings. The highest BCUT2D eigenvalue weighted by atomic mass is 35.5. The molecule has 1 aromatic rings.